The van der Waals surface area contributed by atoms with Crippen molar-refractivity contribution in [2.75, 3.05) is 0 Å². The molecular formula is C8H6N4Se. The van der Waals surface area contributed by atoms with Gasteiger partial charge in [-0.15, -0.1) is 0 Å². The molecule has 5 heteroatoms. The van der Waals surface area contributed by atoms with Crippen LogP contribution in [0.25, 0.3) is 0 Å². The third-order valence-electron chi connectivity index (χ3n) is 1.31. The van der Waals surface area contributed by atoms with Crippen molar-refractivity contribution in [2.24, 2.45) is 0 Å². The van der Waals surface area contributed by atoms with Gasteiger partial charge in [-0.3, -0.25) is 0 Å². The summed E-state index contributed by atoms with van der Waals surface area (Å²) in [6.45, 7) is 0. The van der Waals surface area contributed by atoms with Gasteiger partial charge in [0.25, 0.3) is 0 Å². The molecule has 0 aliphatic rings. The van der Waals surface area contributed by atoms with Gasteiger partial charge in [0.1, 0.15) is 0 Å². The number of hydrogen-bond acceptors (Lipinski definition) is 4. The summed E-state index contributed by atoms with van der Waals surface area (Å²) in [5.74, 6) is 0. The second-order valence-corrected chi connectivity index (χ2v) is 4.66. The van der Waals surface area contributed by atoms with Crippen LogP contribution in [0.5, 0.6) is 0 Å². The van der Waals surface area contributed by atoms with Crippen molar-refractivity contribution >= 4 is 23.9 Å². The molecule has 0 unspecified atom stereocenters. The van der Waals surface area contributed by atoms with E-state index in [1.165, 1.54) is 12.7 Å². The van der Waals surface area contributed by atoms with Crippen molar-refractivity contribution in [3.05, 3.63) is 37.4 Å². The van der Waals surface area contributed by atoms with Crippen LogP contribution in [0.4, 0.5) is 0 Å². The third kappa shape index (κ3) is 2.31. The molecule has 0 radical (unpaired) electrons. The van der Waals surface area contributed by atoms with Crippen molar-refractivity contribution in [1.29, 1.82) is 0 Å². The van der Waals surface area contributed by atoms with Gasteiger partial charge in [-0.2, -0.15) is 0 Å². The third-order valence-corrected chi connectivity index (χ3v) is 3.18. The molecule has 0 saturated carbocycles. The van der Waals surface area contributed by atoms with Crippen LogP contribution in [0.2, 0.25) is 0 Å². The van der Waals surface area contributed by atoms with E-state index >= 15 is 0 Å². The Morgan fingerprint density at radius 1 is 0.692 bits per heavy atom. The van der Waals surface area contributed by atoms with Gasteiger partial charge in [0.15, 0.2) is 0 Å². The second-order valence-electron chi connectivity index (χ2n) is 2.25. The van der Waals surface area contributed by atoms with E-state index in [0.29, 0.717) is 0 Å². The van der Waals surface area contributed by atoms with Gasteiger partial charge in [-0.25, -0.2) is 0 Å². The van der Waals surface area contributed by atoms with Crippen LogP contribution in [0.15, 0.2) is 37.4 Å². The fourth-order valence-corrected chi connectivity index (χ4v) is 2.34. The molecule has 0 atom stereocenters. The monoisotopic (exact) mass is 238 g/mol. The summed E-state index contributed by atoms with van der Waals surface area (Å²) in [4.78, 5) is 15.8. The summed E-state index contributed by atoms with van der Waals surface area (Å²) in [7, 11) is 0. The summed E-state index contributed by atoms with van der Waals surface area (Å²) in [5.41, 5.74) is 0. The van der Waals surface area contributed by atoms with Crippen LogP contribution in [0.1, 0.15) is 0 Å². The zero-order valence-electron chi connectivity index (χ0n) is 6.66. The van der Waals surface area contributed by atoms with E-state index in [-0.39, 0.29) is 15.0 Å². The first-order valence-corrected chi connectivity index (χ1v) is 5.34. The molecule has 0 fully saturated rings. The Hall–Kier alpha value is -1.32. The standard InChI is InChI=1S/C8H6N4Se/c1-7(2-10-5-9-1)13-8-3-11-6-12-4-8/h1-6H. The fraction of sp³-hybridized carbons (Fsp3) is 0. The maximum absolute atomic E-state index is 3.94. The first kappa shape index (κ1) is 8.29. The number of nitrogens with zero attached hydrogens (tertiary/aromatic N) is 4. The molecule has 2 aromatic rings. The summed E-state index contributed by atoms with van der Waals surface area (Å²) in [6.07, 6.45) is 10.3. The normalized spacial score (nSPS) is 9.85. The van der Waals surface area contributed by atoms with Gasteiger partial charge in [0.05, 0.1) is 0 Å². The van der Waals surface area contributed by atoms with Gasteiger partial charge in [-0.1, -0.05) is 0 Å². The van der Waals surface area contributed by atoms with Crippen LogP contribution in [-0.2, 0) is 0 Å². The Morgan fingerprint density at radius 3 is 1.46 bits per heavy atom. The quantitative estimate of drug-likeness (QED) is 0.623. The van der Waals surface area contributed by atoms with Crippen molar-refractivity contribution in [2.45, 2.75) is 0 Å². The van der Waals surface area contributed by atoms with E-state index in [4.69, 9.17) is 0 Å². The summed E-state index contributed by atoms with van der Waals surface area (Å²) < 4.78 is 2.26. The Morgan fingerprint density at radius 2 is 1.08 bits per heavy atom. The van der Waals surface area contributed by atoms with Crippen LogP contribution in [0.3, 0.4) is 0 Å². The molecule has 0 aromatic carbocycles. The van der Waals surface area contributed by atoms with Crippen LogP contribution >= 0.6 is 0 Å². The summed E-state index contributed by atoms with van der Waals surface area (Å²) >= 11 is 0.211. The molecule has 0 aliphatic carbocycles. The van der Waals surface area contributed by atoms with E-state index in [1.54, 1.807) is 0 Å². The number of hydrogen-bond donors (Lipinski definition) is 0. The predicted molar refractivity (Wildman–Crippen MR) is 49.1 cm³/mol. The molecule has 0 amide bonds. The Bertz CT molecular complexity index is 327. The van der Waals surface area contributed by atoms with E-state index < -0.39 is 0 Å². The molecular weight excluding hydrogens is 231 g/mol. The van der Waals surface area contributed by atoms with Gasteiger partial charge in [0.2, 0.25) is 0 Å². The minimum atomic E-state index is 0.211. The van der Waals surface area contributed by atoms with Crippen molar-refractivity contribution in [1.82, 2.24) is 19.9 Å². The summed E-state index contributed by atoms with van der Waals surface area (Å²) in [6, 6.07) is 0. The molecule has 2 rings (SSSR count). The Balaban J connectivity index is 2.16. The second kappa shape index (κ2) is 4.07. The summed E-state index contributed by atoms with van der Waals surface area (Å²) in [5, 5.41) is 0. The van der Waals surface area contributed by atoms with Crippen molar-refractivity contribution < 1.29 is 0 Å². The SMILES string of the molecule is c1ncc([Se]c2cncnc2)cn1. The van der Waals surface area contributed by atoms with Crippen LogP contribution in [-0.4, -0.2) is 34.9 Å². The molecule has 13 heavy (non-hydrogen) atoms. The van der Waals surface area contributed by atoms with Crippen LogP contribution in [0, 0.1) is 0 Å². The van der Waals surface area contributed by atoms with Gasteiger partial charge in [0, 0.05) is 0 Å². The topological polar surface area (TPSA) is 51.6 Å². The van der Waals surface area contributed by atoms with Gasteiger partial charge in [-0.05, 0) is 0 Å². The average Bonchev–Trinajstić information content (AvgIpc) is 2.21. The molecule has 0 bridgehead atoms. The van der Waals surface area contributed by atoms with Crippen molar-refractivity contribution in [3.8, 4) is 0 Å². The zero-order valence-corrected chi connectivity index (χ0v) is 8.37. The number of rotatable bonds is 2. The predicted octanol–water partition coefficient (Wildman–Crippen LogP) is -1.08. The van der Waals surface area contributed by atoms with E-state index in [0.717, 1.165) is 8.92 Å². The Labute approximate surface area is 81.6 Å². The molecule has 0 N–H and O–H groups in total. The molecule has 4 nitrogen and oxygen atoms in total. The first-order valence-electron chi connectivity index (χ1n) is 3.63. The van der Waals surface area contributed by atoms with Crippen molar-refractivity contribution in [3.63, 3.8) is 0 Å². The van der Waals surface area contributed by atoms with E-state index in [9.17, 15) is 0 Å². The average molecular weight is 237 g/mol. The molecule has 0 spiro atoms. The number of aromatic nitrogens is 4. The maximum atomic E-state index is 3.94. The minimum absolute atomic E-state index is 0.211. The molecule has 2 heterocycles. The van der Waals surface area contributed by atoms with E-state index in [2.05, 4.69) is 19.9 Å². The molecule has 64 valence electrons. The fourth-order valence-electron chi connectivity index (χ4n) is 0.812. The molecule has 0 aliphatic heterocycles. The zero-order chi connectivity index (χ0) is 8.93. The first-order chi connectivity index (χ1) is 6.45. The Kier molecular flexibility index (Phi) is 2.59. The van der Waals surface area contributed by atoms with Gasteiger partial charge >= 0.3 is 81.3 Å². The van der Waals surface area contributed by atoms with E-state index in [1.807, 2.05) is 24.8 Å². The molecule has 2 aromatic heterocycles. The molecule has 0 saturated heterocycles. The van der Waals surface area contributed by atoms with Crippen LogP contribution < -0.4 is 8.92 Å². The van der Waals surface area contributed by atoms with Gasteiger partial charge < -0.3 is 0 Å².